The number of hydrogen-bond acceptors (Lipinski definition) is 3. The van der Waals surface area contributed by atoms with E-state index in [1.165, 1.54) is 18.5 Å². The van der Waals surface area contributed by atoms with Crippen LogP contribution in [-0.2, 0) is 11.3 Å². The fraction of sp³-hybridized carbons (Fsp3) is 0.579. The molecule has 3 heterocycles. The van der Waals surface area contributed by atoms with Crippen molar-refractivity contribution in [2.45, 2.75) is 57.0 Å². The van der Waals surface area contributed by atoms with Crippen molar-refractivity contribution in [3.63, 3.8) is 0 Å². The molecule has 1 aliphatic carbocycles. The van der Waals surface area contributed by atoms with Crippen LogP contribution >= 0.6 is 0 Å². The molecular weight excluding hydrogens is 300 g/mol. The van der Waals surface area contributed by atoms with Crippen molar-refractivity contribution in [3.05, 3.63) is 30.1 Å². The molecule has 1 amide bonds. The molecular formula is C19H26N4O. The lowest BCUT2D eigenvalue weighted by Crippen LogP contribution is -2.36. The number of rotatable bonds is 4. The van der Waals surface area contributed by atoms with Crippen LogP contribution in [-0.4, -0.2) is 34.6 Å². The van der Waals surface area contributed by atoms with Crippen LogP contribution in [0.4, 0.5) is 0 Å². The van der Waals surface area contributed by atoms with Gasteiger partial charge in [-0.25, -0.2) is 4.98 Å². The third-order valence-electron chi connectivity index (χ3n) is 5.47. The summed E-state index contributed by atoms with van der Waals surface area (Å²) in [5, 5.41) is 7.77. The highest BCUT2D eigenvalue weighted by Crippen LogP contribution is 2.30. The van der Waals surface area contributed by atoms with E-state index in [9.17, 15) is 4.79 Å². The van der Waals surface area contributed by atoms with Gasteiger partial charge in [-0.1, -0.05) is 12.8 Å². The van der Waals surface area contributed by atoms with Crippen molar-refractivity contribution in [3.8, 4) is 0 Å². The number of amides is 1. The van der Waals surface area contributed by atoms with Gasteiger partial charge in [0, 0.05) is 29.2 Å². The predicted octanol–water partition coefficient (Wildman–Crippen LogP) is 2.56. The standard InChI is InChI=1S/C19H26N4O/c24-18(22-16-5-1-2-6-16)13-23-17(14-7-10-20-11-8-14)12-15-4-3-9-21-19(15)23/h3-4,9,12,14,16,20H,1-2,5-8,10-11,13H2,(H,22,24). The van der Waals surface area contributed by atoms with E-state index in [2.05, 4.69) is 32.3 Å². The molecule has 4 rings (SSSR count). The van der Waals surface area contributed by atoms with Crippen LogP contribution < -0.4 is 10.6 Å². The molecule has 5 heteroatoms. The van der Waals surface area contributed by atoms with Crippen molar-refractivity contribution in [1.29, 1.82) is 0 Å². The summed E-state index contributed by atoms with van der Waals surface area (Å²) < 4.78 is 2.15. The minimum atomic E-state index is 0.125. The molecule has 2 aromatic heterocycles. The zero-order valence-corrected chi connectivity index (χ0v) is 14.1. The maximum Gasteiger partial charge on any atom is 0.240 e. The van der Waals surface area contributed by atoms with Gasteiger partial charge in [-0.2, -0.15) is 0 Å². The van der Waals surface area contributed by atoms with Crippen molar-refractivity contribution in [2.24, 2.45) is 0 Å². The van der Waals surface area contributed by atoms with Gasteiger partial charge < -0.3 is 15.2 Å². The highest BCUT2D eigenvalue weighted by molar-refractivity contribution is 5.82. The molecule has 0 atom stereocenters. The Hall–Kier alpha value is -1.88. The smallest absolute Gasteiger partial charge is 0.240 e. The summed E-state index contributed by atoms with van der Waals surface area (Å²) in [5.74, 6) is 0.639. The summed E-state index contributed by atoms with van der Waals surface area (Å²) in [7, 11) is 0. The van der Waals surface area contributed by atoms with E-state index in [4.69, 9.17) is 0 Å². The average molecular weight is 326 g/mol. The van der Waals surface area contributed by atoms with Crippen LogP contribution in [0, 0.1) is 0 Å². The Labute approximate surface area is 142 Å². The molecule has 24 heavy (non-hydrogen) atoms. The summed E-state index contributed by atoms with van der Waals surface area (Å²) in [5.41, 5.74) is 2.21. The number of piperidine rings is 1. The molecule has 1 saturated heterocycles. The lowest BCUT2D eigenvalue weighted by atomic mass is 9.94. The molecule has 5 nitrogen and oxygen atoms in total. The number of pyridine rings is 1. The Kier molecular flexibility index (Phi) is 4.52. The molecule has 128 valence electrons. The molecule has 0 aromatic carbocycles. The van der Waals surface area contributed by atoms with Gasteiger partial charge in [0.1, 0.15) is 12.2 Å². The van der Waals surface area contributed by atoms with Gasteiger partial charge in [-0.3, -0.25) is 4.79 Å². The lowest BCUT2D eigenvalue weighted by molar-refractivity contribution is -0.122. The SMILES string of the molecule is O=C(Cn1c(C2CCNCC2)cc2cccnc21)NC1CCCC1. The molecule has 0 radical (unpaired) electrons. The Bertz CT molecular complexity index is 711. The maximum absolute atomic E-state index is 12.6. The number of nitrogens with zero attached hydrogens (tertiary/aromatic N) is 2. The summed E-state index contributed by atoms with van der Waals surface area (Å²) >= 11 is 0. The quantitative estimate of drug-likeness (QED) is 0.908. The topological polar surface area (TPSA) is 59.0 Å². The number of carbonyl (C=O) groups is 1. The number of hydrogen-bond donors (Lipinski definition) is 2. The Balaban J connectivity index is 1.60. The summed E-state index contributed by atoms with van der Waals surface area (Å²) in [6.45, 7) is 2.48. The normalized spacial score (nSPS) is 19.8. The predicted molar refractivity (Wildman–Crippen MR) is 95.0 cm³/mol. The summed E-state index contributed by atoms with van der Waals surface area (Å²) in [4.78, 5) is 17.1. The van der Waals surface area contributed by atoms with Crippen LogP contribution in [0.3, 0.4) is 0 Å². The molecule has 0 spiro atoms. The first-order valence-corrected chi connectivity index (χ1v) is 9.25. The summed E-state index contributed by atoms with van der Waals surface area (Å²) in [6, 6.07) is 6.67. The van der Waals surface area contributed by atoms with Crippen molar-refractivity contribution in [2.75, 3.05) is 13.1 Å². The molecule has 2 fully saturated rings. The second-order valence-electron chi connectivity index (χ2n) is 7.14. The molecule has 2 aromatic rings. The highest BCUT2D eigenvalue weighted by atomic mass is 16.2. The lowest BCUT2D eigenvalue weighted by Gasteiger charge is -2.24. The Morgan fingerprint density at radius 3 is 2.83 bits per heavy atom. The number of fused-ring (bicyclic) bond motifs is 1. The minimum Gasteiger partial charge on any atom is -0.352 e. The molecule has 2 N–H and O–H groups in total. The minimum absolute atomic E-state index is 0.125. The van der Waals surface area contributed by atoms with E-state index in [0.29, 0.717) is 18.5 Å². The van der Waals surface area contributed by atoms with E-state index < -0.39 is 0 Å². The molecule has 0 unspecified atom stereocenters. The van der Waals surface area contributed by atoms with E-state index in [-0.39, 0.29) is 5.91 Å². The van der Waals surface area contributed by atoms with Crippen molar-refractivity contribution in [1.82, 2.24) is 20.2 Å². The van der Waals surface area contributed by atoms with Gasteiger partial charge in [0.05, 0.1) is 0 Å². The van der Waals surface area contributed by atoms with Crippen LogP contribution in [0.5, 0.6) is 0 Å². The highest BCUT2D eigenvalue weighted by Gasteiger charge is 2.23. The van der Waals surface area contributed by atoms with Gasteiger partial charge in [-0.05, 0) is 57.0 Å². The van der Waals surface area contributed by atoms with Crippen LogP contribution in [0.15, 0.2) is 24.4 Å². The fourth-order valence-corrected chi connectivity index (χ4v) is 4.22. The fourth-order valence-electron chi connectivity index (χ4n) is 4.22. The zero-order chi connectivity index (χ0) is 16.4. The van der Waals surface area contributed by atoms with E-state index in [1.54, 1.807) is 0 Å². The second-order valence-corrected chi connectivity index (χ2v) is 7.14. The van der Waals surface area contributed by atoms with Gasteiger partial charge in [0.25, 0.3) is 0 Å². The molecule has 0 bridgehead atoms. The molecule has 2 aliphatic rings. The number of carbonyl (C=O) groups excluding carboxylic acids is 1. The van der Waals surface area contributed by atoms with E-state index >= 15 is 0 Å². The van der Waals surface area contributed by atoms with Crippen LogP contribution in [0.25, 0.3) is 11.0 Å². The zero-order valence-electron chi connectivity index (χ0n) is 14.1. The summed E-state index contributed by atoms with van der Waals surface area (Å²) in [6.07, 6.45) is 8.79. The maximum atomic E-state index is 12.6. The van der Waals surface area contributed by atoms with Crippen molar-refractivity contribution >= 4 is 16.9 Å². The second kappa shape index (κ2) is 6.93. The van der Waals surface area contributed by atoms with Crippen molar-refractivity contribution < 1.29 is 4.79 Å². The van der Waals surface area contributed by atoms with Gasteiger partial charge in [0.2, 0.25) is 5.91 Å². The largest absolute Gasteiger partial charge is 0.352 e. The first kappa shape index (κ1) is 15.6. The number of aromatic nitrogens is 2. The first-order valence-electron chi connectivity index (χ1n) is 9.25. The van der Waals surface area contributed by atoms with E-state index in [1.807, 2.05) is 12.3 Å². The van der Waals surface area contributed by atoms with Crippen LogP contribution in [0.1, 0.15) is 50.1 Å². The average Bonchev–Trinajstić information content (AvgIpc) is 3.24. The third kappa shape index (κ3) is 3.18. The first-order chi connectivity index (χ1) is 11.8. The van der Waals surface area contributed by atoms with Crippen LogP contribution in [0.2, 0.25) is 0 Å². The Morgan fingerprint density at radius 1 is 1.25 bits per heavy atom. The Morgan fingerprint density at radius 2 is 2.04 bits per heavy atom. The van der Waals surface area contributed by atoms with E-state index in [0.717, 1.165) is 49.8 Å². The van der Waals surface area contributed by atoms with Gasteiger partial charge >= 0.3 is 0 Å². The van der Waals surface area contributed by atoms with Gasteiger partial charge in [-0.15, -0.1) is 0 Å². The van der Waals surface area contributed by atoms with Gasteiger partial charge in [0.15, 0.2) is 0 Å². The molecule has 1 aliphatic heterocycles. The third-order valence-corrected chi connectivity index (χ3v) is 5.47. The molecule has 1 saturated carbocycles. The monoisotopic (exact) mass is 326 g/mol. The number of nitrogens with one attached hydrogen (secondary N) is 2.